The van der Waals surface area contributed by atoms with Gasteiger partial charge < -0.3 is 20.5 Å². The number of carbonyl (C=O) groups is 2. The molecule has 1 heterocycles. The molecular formula is C21H27Cl2N3O4S. The first kappa shape index (κ1) is 23.0. The van der Waals surface area contributed by atoms with Gasteiger partial charge in [0.1, 0.15) is 5.75 Å². The fourth-order valence-corrected chi connectivity index (χ4v) is 6.09. The zero-order chi connectivity index (χ0) is 22.2. The Labute approximate surface area is 195 Å². The molecule has 1 saturated heterocycles. The third-order valence-electron chi connectivity index (χ3n) is 6.62. The second-order valence-electron chi connectivity index (χ2n) is 8.75. The van der Waals surface area contributed by atoms with Crippen LogP contribution in [0.1, 0.15) is 39.0 Å². The van der Waals surface area contributed by atoms with E-state index in [-0.39, 0.29) is 29.8 Å². The van der Waals surface area contributed by atoms with Crippen LogP contribution in [0.4, 0.5) is 0 Å². The molecule has 0 radical (unpaired) electrons. The standard InChI is InChI=1S/C21H27Cl2N3O4S/c1-12-24-16(11-31-12)19(29)26-20-4-6-21(7-5-20,17(27)9-20)25-18(28)10-30-13-2-3-14(22)15(23)8-13/h2-3,8,12,16-17,24,27H,4-7,9-11H2,1H3,(H,25,28)(H,26,29)/t12?,16?,17-,20?,21?/m0/s1. The van der Waals surface area contributed by atoms with Gasteiger partial charge in [-0.3, -0.25) is 14.9 Å². The number of hydrogen-bond acceptors (Lipinski definition) is 6. The van der Waals surface area contributed by atoms with Gasteiger partial charge in [0, 0.05) is 17.4 Å². The maximum absolute atomic E-state index is 12.7. The van der Waals surface area contributed by atoms with Gasteiger partial charge in [-0.1, -0.05) is 23.2 Å². The van der Waals surface area contributed by atoms with Crippen LogP contribution in [0.2, 0.25) is 10.0 Å². The highest BCUT2D eigenvalue weighted by atomic mass is 35.5. The van der Waals surface area contributed by atoms with E-state index in [2.05, 4.69) is 16.0 Å². The van der Waals surface area contributed by atoms with E-state index in [0.717, 1.165) is 18.6 Å². The molecule has 2 bridgehead atoms. The predicted octanol–water partition coefficient (Wildman–Crippen LogP) is 2.47. The van der Waals surface area contributed by atoms with Crippen LogP contribution < -0.4 is 20.7 Å². The van der Waals surface area contributed by atoms with Gasteiger partial charge >= 0.3 is 0 Å². The van der Waals surface area contributed by atoms with Crippen LogP contribution in [0.3, 0.4) is 0 Å². The minimum absolute atomic E-state index is 0.00230. The zero-order valence-corrected chi connectivity index (χ0v) is 19.6. The van der Waals surface area contributed by atoms with Crippen LogP contribution in [0.5, 0.6) is 5.75 Å². The Kier molecular flexibility index (Phi) is 6.66. The minimum Gasteiger partial charge on any atom is -0.484 e. The number of ether oxygens (including phenoxy) is 1. The van der Waals surface area contributed by atoms with Gasteiger partial charge in [0.15, 0.2) is 6.61 Å². The second kappa shape index (κ2) is 8.98. The molecule has 3 aliphatic carbocycles. The van der Waals surface area contributed by atoms with Gasteiger partial charge in [0.05, 0.1) is 33.1 Å². The van der Waals surface area contributed by atoms with E-state index in [4.69, 9.17) is 27.9 Å². The molecule has 4 N–H and O–H groups in total. The van der Waals surface area contributed by atoms with Crippen molar-refractivity contribution in [3.63, 3.8) is 0 Å². The van der Waals surface area contributed by atoms with E-state index < -0.39 is 17.2 Å². The van der Waals surface area contributed by atoms with Crippen LogP contribution in [-0.2, 0) is 9.59 Å². The molecular weight excluding hydrogens is 461 g/mol. The number of aliphatic hydroxyl groups excluding tert-OH is 1. The molecule has 3 atom stereocenters. The Hall–Kier alpha value is -1.19. The van der Waals surface area contributed by atoms with E-state index in [1.165, 1.54) is 0 Å². The summed E-state index contributed by atoms with van der Waals surface area (Å²) in [6, 6.07) is 4.61. The average Bonchev–Trinajstić information content (AvgIpc) is 3.17. The number of benzene rings is 1. The summed E-state index contributed by atoms with van der Waals surface area (Å²) in [5.74, 6) is 0.900. The van der Waals surface area contributed by atoms with Crippen molar-refractivity contribution in [3.05, 3.63) is 28.2 Å². The normalized spacial score (nSPS) is 34.4. The fraction of sp³-hybridized carbons (Fsp3) is 0.619. The number of halogens is 2. The maximum atomic E-state index is 12.7. The number of hydrogen-bond donors (Lipinski definition) is 4. The van der Waals surface area contributed by atoms with Crippen molar-refractivity contribution in [1.82, 2.24) is 16.0 Å². The highest BCUT2D eigenvalue weighted by Crippen LogP contribution is 2.47. The van der Waals surface area contributed by atoms with Crippen molar-refractivity contribution in [2.24, 2.45) is 0 Å². The molecule has 31 heavy (non-hydrogen) atoms. The molecule has 10 heteroatoms. The van der Waals surface area contributed by atoms with Crippen LogP contribution in [-0.4, -0.2) is 57.9 Å². The van der Waals surface area contributed by atoms with Crippen LogP contribution in [0, 0.1) is 0 Å². The van der Waals surface area contributed by atoms with Crippen molar-refractivity contribution in [2.45, 2.75) is 67.6 Å². The SMILES string of the molecule is CC1NC(C(=O)NC23CCC(NC(=O)COc4ccc(Cl)c(Cl)c4)(CC2)[C@@H](O)C3)CS1. The van der Waals surface area contributed by atoms with Crippen molar-refractivity contribution in [3.8, 4) is 5.75 Å². The van der Waals surface area contributed by atoms with Crippen molar-refractivity contribution in [1.29, 1.82) is 0 Å². The summed E-state index contributed by atoms with van der Waals surface area (Å²) < 4.78 is 5.52. The van der Waals surface area contributed by atoms with Crippen molar-refractivity contribution in [2.75, 3.05) is 12.4 Å². The third-order valence-corrected chi connectivity index (χ3v) is 8.53. The van der Waals surface area contributed by atoms with E-state index in [1.807, 2.05) is 6.92 Å². The Morgan fingerprint density at radius 2 is 1.97 bits per heavy atom. The molecule has 7 nitrogen and oxygen atoms in total. The number of aliphatic hydroxyl groups is 1. The fourth-order valence-electron chi connectivity index (χ4n) is 4.81. The van der Waals surface area contributed by atoms with E-state index >= 15 is 0 Å². The molecule has 2 amide bonds. The maximum Gasteiger partial charge on any atom is 0.258 e. The average molecular weight is 488 g/mol. The minimum atomic E-state index is -0.728. The summed E-state index contributed by atoms with van der Waals surface area (Å²) in [6.45, 7) is 1.86. The predicted molar refractivity (Wildman–Crippen MR) is 122 cm³/mol. The van der Waals surface area contributed by atoms with Gasteiger partial charge in [-0.25, -0.2) is 0 Å². The Bertz CT molecular complexity index is 863. The Morgan fingerprint density at radius 3 is 2.58 bits per heavy atom. The van der Waals surface area contributed by atoms with Crippen LogP contribution in [0.15, 0.2) is 18.2 Å². The molecule has 0 aromatic heterocycles. The number of amides is 2. The first-order chi connectivity index (χ1) is 14.7. The first-order valence-corrected chi connectivity index (χ1v) is 12.3. The monoisotopic (exact) mass is 487 g/mol. The molecule has 1 aromatic rings. The molecule has 1 aliphatic heterocycles. The number of carbonyl (C=O) groups excluding carboxylic acids is 2. The Morgan fingerprint density at radius 1 is 1.23 bits per heavy atom. The van der Waals surface area contributed by atoms with E-state index in [1.54, 1.807) is 30.0 Å². The highest BCUT2D eigenvalue weighted by Gasteiger charge is 2.55. The summed E-state index contributed by atoms with van der Waals surface area (Å²) in [5.41, 5.74) is -1.09. The lowest BCUT2D eigenvalue weighted by Crippen LogP contribution is -2.71. The van der Waals surface area contributed by atoms with E-state index in [9.17, 15) is 14.7 Å². The molecule has 0 spiro atoms. The molecule has 4 aliphatic rings. The molecule has 3 saturated carbocycles. The molecule has 170 valence electrons. The van der Waals surface area contributed by atoms with Gasteiger partial charge in [-0.15, -0.1) is 11.8 Å². The van der Waals surface area contributed by atoms with Crippen molar-refractivity contribution < 1.29 is 19.4 Å². The van der Waals surface area contributed by atoms with Crippen LogP contribution in [0.25, 0.3) is 0 Å². The second-order valence-corrected chi connectivity index (χ2v) is 10.9. The summed E-state index contributed by atoms with van der Waals surface area (Å²) in [4.78, 5) is 25.2. The topological polar surface area (TPSA) is 99.7 Å². The summed E-state index contributed by atoms with van der Waals surface area (Å²) in [5, 5.41) is 21.4. The van der Waals surface area contributed by atoms with Gasteiger partial charge in [0.2, 0.25) is 5.91 Å². The lowest BCUT2D eigenvalue weighted by molar-refractivity contribution is -0.136. The van der Waals surface area contributed by atoms with Gasteiger partial charge in [-0.2, -0.15) is 0 Å². The summed E-state index contributed by atoms with van der Waals surface area (Å²) >= 11 is 13.6. The lowest BCUT2D eigenvalue weighted by Gasteiger charge is -2.56. The summed E-state index contributed by atoms with van der Waals surface area (Å²) in [6.07, 6.45) is 2.36. The largest absolute Gasteiger partial charge is 0.484 e. The van der Waals surface area contributed by atoms with Crippen LogP contribution >= 0.6 is 35.0 Å². The Balaban J connectivity index is 1.31. The quantitative estimate of drug-likeness (QED) is 0.491. The summed E-state index contributed by atoms with van der Waals surface area (Å²) in [7, 11) is 0. The molecule has 4 fully saturated rings. The first-order valence-electron chi connectivity index (χ1n) is 10.5. The molecule has 2 unspecified atom stereocenters. The third kappa shape index (κ3) is 4.93. The zero-order valence-electron chi connectivity index (χ0n) is 17.2. The highest BCUT2D eigenvalue weighted by molar-refractivity contribution is 8.00. The van der Waals surface area contributed by atoms with E-state index in [0.29, 0.717) is 35.1 Å². The number of thioether (sulfide) groups is 1. The van der Waals surface area contributed by atoms with Gasteiger partial charge in [-0.05, 0) is 51.2 Å². The van der Waals surface area contributed by atoms with Gasteiger partial charge in [0.25, 0.3) is 5.91 Å². The molecule has 5 rings (SSSR count). The number of fused-ring (bicyclic) bond motifs is 3. The lowest BCUT2D eigenvalue weighted by atomic mass is 9.60. The number of nitrogens with one attached hydrogen (secondary N) is 3. The smallest absolute Gasteiger partial charge is 0.258 e. The molecule has 1 aromatic carbocycles. The van der Waals surface area contributed by atoms with Crippen molar-refractivity contribution >= 4 is 46.8 Å². The number of rotatable bonds is 6.